The van der Waals surface area contributed by atoms with Crippen LogP contribution in [0.2, 0.25) is 0 Å². The molecule has 0 heterocycles. The Balaban J connectivity index is 1.80. The molecule has 0 saturated carbocycles. The molecule has 0 aliphatic rings. The van der Waals surface area contributed by atoms with Gasteiger partial charge in [-0.15, -0.1) is 0 Å². The molecule has 0 radical (unpaired) electrons. The normalized spacial score (nSPS) is 12.0. The highest BCUT2D eigenvalue weighted by Crippen LogP contribution is 2.18. The fourth-order valence-corrected chi connectivity index (χ4v) is 2.65. The third kappa shape index (κ3) is 3.69. The summed E-state index contributed by atoms with van der Waals surface area (Å²) >= 11 is 0. The first-order valence-electron chi connectivity index (χ1n) is 7.65. The lowest BCUT2D eigenvalue weighted by Gasteiger charge is -2.16. The molecule has 0 aromatic heterocycles. The lowest BCUT2D eigenvalue weighted by molar-refractivity contribution is -0.137. The van der Waals surface area contributed by atoms with E-state index in [1.807, 2.05) is 61.5 Å². The van der Waals surface area contributed by atoms with Crippen LogP contribution in [-0.2, 0) is 11.2 Å². The molecule has 0 amide bonds. The zero-order valence-corrected chi connectivity index (χ0v) is 13.0. The van der Waals surface area contributed by atoms with Crippen molar-refractivity contribution in [1.82, 2.24) is 0 Å². The summed E-state index contributed by atoms with van der Waals surface area (Å²) in [6.45, 7) is 2.01. The second-order valence-corrected chi connectivity index (χ2v) is 5.79. The number of aliphatic carboxylic acids is 1. The molecule has 116 valence electrons. The first-order valence-corrected chi connectivity index (χ1v) is 7.65. The zero-order chi connectivity index (χ0) is 16.2. The quantitative estimate of drug-likeness (QED) is 0.740. The van der Waals surface area contributed by atoms with Crippen LogP contribution in [0.4, 0.5) is 5.69 Å². The van der Waals surface area contributed by atoms with Gasteiger partial charge < -0.3 is 10.4 Å². The summed E-state index contributed by atoms with van der Waals surface area (Å²) in [4.78, 5) is 11.6. The number of hydrogen-bond acceptors (Lipinski definition) is 2. The summed E-state index contributed by atoms with van der Waals surface area (Å²) in [5, 5.41) is 14.9. The van der Waals surface area contributed by atoms with E-state index in [-0.39, 0.29) is 0 Å². The van der Waals surface area contributed by atoms with Crippen molar-refractivity contribution in [1.29, 1.82) is 0 Å². The van der Waals surface area contributed by atoms with Gasteiger partial charge in [-0.2, -0.15) is 0 Å². The molecular weight excluding hydrogens is 286 g/mol. The van der Waals surface area contributed by atoms with Crippen LogP contribution in [0, 0.1) is 6.92 Å². The number of rotatable bonds is 5. The Morgan fingerprint density at radius 1 is 1.00 bits per heavy atom. The minimum Gasteiger partial charge on any atom is -0.480 e. The monoisotopic (exact) mass is 305 g/mol. The van der Waals surface area contributed by atoms with Crippen molar-refractivity contribution in [2.75, 3.05) is 5.32 Å². The van der Waals surface area contributed by atoms with Crippen LogP contribution >= 0.6 is 0 Å². The first kappa shape index (κ1) is 15.1. The van der Waals surface area contributed by atoms with Gasteiger partial charge in [0.05, 0.1) is 0 Å². The Kier molecular flexibility index (Phi) is 4.29. The van der Waals surface area contributed by atoms with Crippen molar-refractivity contribution in [2.45, 2.75) is 19.4 Å². The predicted molar refractivity (Wildman–Crippen MR) is 93.9 cm³/mol. The van der Waals surface area contributed by atoms with Gasteiger partial charge >= 0.3 is 5.97 Å². The molecule has 3 heteroatoms. The van der Waals surface area contributed by atoms with Gasteiger partial charge in [0.15, 0.2) is 0 Å². The maximum Gasteiger partial charge on any atom is 0.326 e. The second-order valence-electron chi connectivity index (χ2n) is 5.79. The van der Waals surface area contributed by atoms with E-state index in [4.69, 9.17) is 0 Å². The van der Waals surface area contributed by atoms with Gasteiger partial charge in [-0.05, 0) is 35.4 Å². The van der Waals surface area contributed by atoms with E-state index < -0.39 is 12.0 Å². The second kappa shape index (κ2) is 6.53. The van der Waals surface area contributed by atoms with Crippen LogP contribution in [0.1, 0.15) is 11.1 Å². The number of benzene rings is 3. The number of anilines is 1. The molecule has 1 unspecified atom stereocenters. The lowest BCUT2D eigenvalue weighted by atomic mass is 10.0. The van der Waals surface area contributed by atoms with Crippen LogP contribution in [0.15, 0.2) is 66.7 Å². The predicted octanol–water partition coefficient (Wildman–Crippen LogP) is 4.26. The molecule has 0 fully saturated rings. The van der Waals surface area contributed by atoms with E-state index in [1.165, 1.54) is 0 Å². The highest BCUT2D eigenvalue weighted by atomic mass is 16.4. The molecule has 3 rings (SSSR count). The number of carboxylic acids is 1. The Morgan fingerprint density at radius 2 is 1.70 bits per heavy atom. The van der Waals surface area contributed by atoms with Crippen molar-refractivity contribution in [3.63, 3.8) is 0 Å². The molecule has 23 heavy (non-hydrogen) atoms. The number of hydrogen-bond donors (Lipinski definition) is 2. The fraction of sp³-hybridized carbons (Fsp3) is 0.150. The van der Waals surface area contributed by atoms with Crippen molar-refractivity contribution >= 4 is 22.4 Å². The van der Waals surface area contributed by atoms with Crippen LogP contribution in [-0.4, -0.2) is 17.1 Å². The van der Waals surface area contributed by atoms with Gasteiger partial charge in [-0.25, -0.2) is 4.79 Å². The van der Waals surface area contributed by atoms with Gasteiger partial charge in [0.2, 0.25) is 0 Å². The molecule has 0 bridgehead atoms. The Morgan fingerprint density at radius 3 is 2.39 bits per heavy atom. The van der Waals surface area contributed by atoms with Crippen LogP contribution in [0.3, 0.4) is 0 Å². The number of carboxylic acid groups (broad SMARTS) is 1. The van der Waals surface area contributed by atoms with Crippen molar-refractivity contribution in [3.8, 4) is 0 Å². The molecule has 3 nitrogen and oxygen atoms in total. The highest BCUT2D eigenvalue weighted by molar-refractivity contribution is 5.83. The number of carbonyl (C=O) groups is 1. The molecule has 3 aromatic carbocycles. The van der Waals surface area contributed by atoms with Crippen molar-refractivity contribution in [3.05, 3.63) is 77.9 Å². The third-order valence-electron chi connectivity index (χ3n) is 3.94. The fourth-order valence-electron chi connectivity index (χ4n) is 2.65. The zero-order valence-electron chi connectivity index (χ0n) is 13.0. The van der Waals surface area contributed by atoms with E-state index in [9.17, 15) is 9.90 Å². The standard InChI is InChI=1S/C20H19NO2/c1-14-6-10-18(11-7-14)21-19(20(22)23)13-15-8-9-16-4-2-3-5-17(16)12-15/h2-12,19,21H,13H2,1H3,(H,22,23). The number of fused-ring (bicyclic) bond motifs is 1. The van der Waals surface area contributed by atoms with E-state index in [2.05, 4.69) is 17.4 Å². The molecule has 1 atom stereocenters. The maximum absolute atomic E-state index is 11.6. The minimum atomic E-state index is -0.848. The summed E-state index contributed by atoms with van der Waals surface area (Å²) in [6, 6.07) is 21.3. The minimum absolute atomic E-state index is 0.439. The van der Waals surface area contributed by atoms with Crippen LogP contribution < -0.4 is 5.32 Å². The van der Waals surface area contributed by atoms with E-state index >= 15 is 0 Å². The molecule has 0 spiro atoms. The summed E-state index contributed by atoms with van der Waals surface area (Å²) in [5.41, 5.74) is 2.98. The Hall–Kier alpha value is -2.81. The molecule has 0 aliphatic carbocycles. The summed E-state index contributed by atoms with van der Waals surface area (Å²) in [6.07, 6.45) is 0.439. The van der Waals surface area contributed by atoms with Gasteiger partial charge in [0.25, 0.3) is 0 Å². The Bertz CT molecular complexity index is 824. The first-order chi connectivity index (χ1) is 11.1. The van der Waals surface area contributed by atoms with E-state index in [0.717, 1.165) is 27.6 Å². The van der Waals surface area contributed by atoms with Crippen LogP contribution in [0.5, 0.6) is 0 Å². The van der Waals surface area contributed by atoms with Crippen molar-refractivity contribution in [2.24, 2.45) is 0 Å². The average molecular weight is 305 g/mol. The topological polar surface area (TPSA) is 49.3 Å². The number of aryl methyl sites for hydroxylation is 1. The molecule has 0 aliphatic heterocycles. The smallest absolute Gasteiger partial charge is 0.326 e. The average Bonchev–Trinajstić information content (AvgIpc) is 2.56. The van der Waals surface area contributed by atoms with Gasteiger partial charge in [-0.3, -0.25) is 0 Å². The van der Waals surface area contributed by atoms with Gasteiger partial charge in [-0.1, -0.05) is 60.2 Å². The maximum atomic E-state index is 11.6. The Labute approximate surface area is 135 Å². The van der Waals surface area contributed by atoms with Gasteiger partial charge in [0.1, 0.15) is 6.04 Å². The molecule has 2 N–H and O–H groups in total. The molecule has 3 aromatic rings. The van der Waals surface area contributed by atoms with E-state index in [1.54, 1.807) is 0 Å². The third-order valence-corrected chi connectivity index (χ3v) is 3.94. The highest BCUT2D eigenvalue weighted by Gasteiger charge is 2.17. The summed E-state index contributed by atoms with van der Waals surface area (Å²) < 4.78 is 0. The van der Waals surface area contributed by atoms with Gasteiger partial charge in [0, 0.05) is 12.1 Å². The summed E-state index contributed by atoms with van der Waals surface area (Å²) in [7, 11) is 0. The number of nitrogens with one attached hydrogen (secondary N) is 1. The SMILES string of the molecule is Cc1ccc(NC(Cc2ccc3ccccc3c2)C(=O)O)cc1. The lowest BCUT2D eigenvalue weighted by Crippen LogP contribution is -2.31. The summed E-state index contributed by atoms with van der Waals surface area (Å²) in [5.74, 6) is -0.848. The van der Waals surface area contributed by atoms with Crippen LogP contribution in [0.25, 0.3) is 10.8 Å². The largest absolute Gasteiger partial charge is 0.480 e. The molecular formula is C20H19NO2. The van der Waals surface area contributed by atoms with Crippen molar-refractivity contribution < 1.29 is 9.90 Å². The van der Waals surface area contributed by atoms with E-state index in [0.29, 0.717) is 6.42 Å². The molecule has 0 saturated heterocycles.